The summed E-state index contributed by atoms with van der Waals surface area (Å²) in [5.41, 5.74) is 1.67. The van der Waals surface area contributed by atoms with Gasteiger partial charge < -0.3 is 10.1 Å². The van der Waals surface area contributed by atoms with E-state index in [0.717, 1.165) is 17.7 Å². The first-order valence-electron chi connectivity index (χ1n) is 10.7. The number of nitrogens with zero attached hydrogens (tertiary/aromatic N) is 1. The van der Waals surface area contributed by atoms with Crippen LogP contribution in [0.3, 0.4) is 0 Å². The molecule has 0 fully saturated rings. The maximum absolute atomic E-state index is 14.6. The third-order valence-corrected chi connectivity index (χ3v) is 5.63. The number of imide groups is 1. The minimum absolute atomic E-state index is 0.0262. The number of nitrogens with one attached hydrogen (secondary N) is 1. The van der Waals surface area contributed by atoms with Crippen LogP contribution in [-0.4, -0.2) is 18.9 Å². The van der Waals surface area contributed by atoms with E-state index >= 15 is 0 Å². The van der Waals surface area contributed by atoms with E-state index in [1.54, 1.807) is 24.3 Å². The van der Waals surface area contributed by atoms with E-state index in [2.05, 4.69) is 26.1 Å². The Bertz CT molecular complexity index is 1310. The second kappa shape index (κ2) is 8.74. The number of rotatable bonds is 5. The summed E-state index contributed by atoms with van der Waals surface area (Å²) in [6, 6.07) is 17.0. The molecule has 0 aliphatic carbocycles. The molecule has 0 bridgehead atoms. The van der Waals surface area contributed by atoms with Crippen LogP contribution in [0.4, 0.5) is 20.2 Å². The summed E-state index contributed by atoms with van der Waals surface area (Å²) in [5.74, 6) is -2.94. The molecule has 1 heterocycles. The zero-order valence-electron chi connectivity index (χ0n) is 19.3. The Kier molecular flexibility index (Phi) is 5.96. The number of para-hydroxylation sites is 1. The van der Waals surface area contributed by atoms with E-state index in [0.29, 0.717) is 28.0 Å². The lowest BCUT2D eigenvalue weighted by Crippen LogP contribution is -2.33. The summed E-state index contributed by atoms with van der Waals surface area (Å²) in [4.78, 5) is 27.7. The highest BCUT2D eigenvalue weighted by molar-refractivity contribution is 6.46. The number of halogens is 2. The van der Waals surface area contributed by atoms with Crippen molar-refractivity contribution in [2.24, 2.45) is 0 Å². The van der Waals surface area contributed by atoms with Gasteiger partial charge in [-0.1, -0.05) is 51.1 Å². The minimum Gasteiger partial charge on any atom is -0.496 e. The number of benzene rings is 3. The largest absolute Gasteiger partial charge is 0.496 e. The van der Waals surface area contributed by atoms with Gasteiger partial charge in [0.25, 0.3) is 11.8 Å². The number of methoxy groups -OCH3 is 1. The van der Waals surface area contributed by atoms with Crippen molar-refractivity contribution in [1.82, 2.24) is 0 Å². The van der Waals surface area contributed by atoms with E-state index < -0.39 is 23.4 Å². The third-order valence-electron chi connectivity index (χ3n) is 5.63. The smallest absolute Gasteiger partial charge is 0.282 e. The number of amides is 2. The Hall–Kier alpha value is -4.00. The topological polar surface area (TPSA) is 58.6 Å². The normalized spacial score (nSPS) is 14.1. The average molecular weight is 462 g/mol. The molecular formula is C27H24F2N2O3. The highest BCUT2D eigenvalue weighted by Gasteiger charge is 2.42. The molecule has 2 amide bonds. The van der Waals surface area contributed by atoms with E-state index in [1.807, 2.05) is 24.3 Å². The summed E-state index contributed by atoms with van der Waals surface area (Å²) in [5, 5.41) is 3.05. The number of carbonyl (C=O) groups excluding carboxylic acids is 2. The quantitative estimate of drug-likeness (QED) is 0.497. The average Bonchev–Trinajstić information content (AvgIpc) is 3.03. The molecule has 0 saturated heterocycles. The molecule has 5 nitrogen and oxygen atoms in total. The zero-order chi connectivity index (χ0) is 24.6. The second-order valence-corrected chi connectivity index (χ2v) is 8.94. The van der Waals surface area contributed by atoms with Crippen molar-refractivity contribution in [3.63, 3.8) is 0 Å². The lowest BCUT2D eigenvalue weighted by molar-refractivity contribution is -0.120. The summed E-state index contributed by atoms with van der Waals surface area (Å²) < 4.78 is 33.5. The highest BCUT2D eigenvalue weighted by Crippen LogP contribution is 2.38. The van der Waals surface area contributed by atoms with Crippen LogP contribution in [0.2, 0.25) is 0 Å². The number of carbonyl (C=O) groups is 2. The van der Waals surface area contributed by atoms with Crippen molar-refractivity contribution in [3.8, 4) is 5.75 Å². The lowest BCUT2D eigenvalue weighted by Gasteiger charge is -2.19. The van der Waals surface area contributed by atoms with Crippen LogP contribution in [-0.2, 0) is 15.0 Å². The molecule has 4 rings (SSSR count). The molecule has 1 aliphatic rings. The van der Waals surface area contributed by atoms with Gasteiger partial charge in [-0.3, -0.25) is 9.59 Å². The van der Waals surface area contributed by atoms with Crippen LogP contribution >= 0.6 is 0 Å². The Morgan fingerprint density at radius 1 is 0.882 bits per heavy atom. The lowest BCUT2D eigenvalue weighted by atomic mass is 9.87. The fraction of sp³-hybridized carbons (Fsp3) is 0.185. The first-order chi connectivity index (χ1) is 16.1. The molecule has 0 radical (unpaired) electrons. The van der Waals surface area contributed by atoms with Crippen LogP contribution in [0.5, 0.6) is 5.75 Å². The summed E-state index contributed by atoms with van der Waals surface area (Å²) in [6.45, 7) is 6.27. The number of anilines is 2. The molecule has 0 spiro atoms. The number of ether oxygens (including phenoxy) is 1. The molecule has 0 aromatic heterocycles. The first kappa shape index (κ1) is 23.2. The molecule has 7 heteroatoms. The summed E-state index contributed by atoms with van der Waals surface area (Å²) >= 11 is 0. The first-order valence-corrected chi connectivity index (χ1v) is 10.7. The molecule has 3 aromatic carbocycles. The van der Waals surface area contributed by atoms with Crippen LogP contribution in [0.1, 0.15) is 31.9 Å². The van der Waals surface area contributed by atoms with Crippen LogP contribution in [0.25, 0.3) is 5.57 Å². The predicted octanol–water partition coefficient (Wildman–Crippen LogP) is 5.67. The maximum atomic E-state index is 14.6. The van der Waals surface area contributed by atoms with Crippen LogP contribution in [0.15, 0.2) is 72.4 Å². The Morgan fingerprint density at radius 3 is 2.18 bits per heavy atom. The van der Waals surface area contributed by atoms with Gasteiger partial charge in [-0.05, 0) is 41.3 Å². The van der Waals surface area contributed by atoms with Crippen molar-refractivity contribution >= 4 is 28.8 Å². The third kappa shape index (κ3) is 4.17. The van der Waals surface area contributed by atoms with Crippen molar-refractivity contribution < 1.29 is 23.1 Å². The molecule has 3 aromatic rings. The van der Waals surface area contributed by atoms with Crippen LogP contribution in [0, 0.1) is 11.6 Å². The molecule has 0 atom stereocenters. The predicted molar refractivity (Wildman–Crippen MR) is 128 cm³/mol. The fourth-order valence-electron chi connectivity index (χ4n) is 3.83. The van der Waals surface area contributed by atoms with Crippen molar-refractivity contribution in [3.05, 3.63) is 95.2 Å². The van der Waals surface area contributed by atoms with Gasteiger partial charge in [0.15, 0.2) is 0 Å². The van der Waals surface area contributed by atoms with Crippen LogP contribution < -0.4 is 15.0 Å². The van der Waals surface area contributed by atoms with Gasteiger partial charge in [-0.15, -0.1) is 0 Å². The Labute approximate surface area is 196 Å². The van der Waals surface area contributed by atoms with Gasteiger partial charge in [0.2, 0.25) is 0 Å². The maximum Gasteiger partial charge on any atom is 0.282 e. The zero-order valence-corrected chi connectivity index (χ0v) is 19.3. The monoisotopic (exact) mass is 462 g/mol. The summed E-state index contributed by atoms with van der Waals surface area (Å²) in [6.07, 6.45) is 0. The second-order valence-electron chi connectivity index (χ2n) is 8.94. The standard InChI is InChI=1S/C27H24F2N2O3/c1-27(2,3)16-9-12-18(13-10-16)30-24-23(19-7-5-6-8-22(19)34-4)25(32)31(26(24)33)21-14-11-17(28)15-20(21)29/h5-15,30H,1-4H3. The molecule has 1 N–H and O–H groups in total. The Balaban J connectivity index is 1.83. The molecular weight excluding hydrogens is 438 g/mol. The van der Waals surface area contributed by atoms with E-state index in [4.69, 9.17) is 4.74 Å². The van der Waals surface area contributed by atoms with Gasteiger partial charge in [-0.2, -0.15) is 0 Å². The van der Waals surface area contributed by atoms with E-state index in [9.17, 15) is 18.4 Å². The van der Waals surface area contributed by atoms with Gasteiger partial charge in [0.1, 0.15) is 23.1 Å². The van der Waals surface area contributed by atoms with Gasteiger partial charge >= 0.3 is 0 Å². The highest BCUT2D eigenvalue weighted by atomic mass is 19.1. The minimum atomic E-state index is -1.02. The molecule has 0 saturated carbocycles. The van der Waals surface area contributed by atoms with Crippen molar-refractivity contribution in [2.75, 3.05) is 17.3 Å². The summed E-state index contributed by atoms with van der Waals surface area (Å²) in [7, 11) is 1.45. The van der Waals surface area contributed by atoms with Gasteiger partial charge in [0.05, 0.1) is 18.4 Å². The number of hydrogen-bond donors (Lipinski definition) is 1. The van der Waals surface area contributed by atoms with E-state index in [1.165, 1.54) is 7.11 Å². The van der Waals surface area contributed by atoms with Gasteiger partial charge in [0, 0.05) is 17.3 Å². The van der Waals surface area contributed by atoms with E-state index in [-0.39, 0.29) is 22.4 Å². The van der Waals surface area contributed by atoms with Crippen molar-refractivity contribution in [2.45, 2.75) is 26.2 Å². The molecule has 0 unspecified atom stereocenters. The molecule has 174 valence electrons. The van der Waals surface area contributed by atoms with Gasteiger partial charge in [-0.25, -0.2) is 13.7 Å². The number of hydrogen-bond acceptors (Lipinski definition) is 4. The molecule has 34 heavy (non-hydrogen) atoms. The fourth-order valence-corrected chi connectivity index (χ4v) is 3.83. The Morgan fingerprint density at radius 2 is 1.56 bits per heavy atom. The SMILES string of the molecule is COc1ccccc1C1=C(Nc2ccc(C(C)(C)C)cc2)C(=O)N(c2ccc(F)cc2F)C1=O. The molecule has 1 aliphatic heterocycles. The van der Waals surface area contributed by atoms with Crippen molar-refractivity contribution in [1.29, 1.82) is 0 Å².